The summed E-state index contributed by atoms with van der Waals surface area (Å²) in [5.74, 6) is 33.0. The minimum absolute atomic E-state index is 0. The van der Waals surface area contributed by atoms with Gasteiger partial charge in [0.1, 0.15) is 17.6 Å². The summed E-state index contributed by atoms with van der Waals surface area (Å²) in [6.07, 6.45) is 50.9. The highest BCUT2D eigenvalue weighted by molar-refractivity contribution is 14.0. The van der Waals surface area contributed by atoms with Crippen molar-refractivity contribution in [1.82, 2.24) is 19.6 Å². The standard InChI is InChI=1S/C24H25N3O2.C24H37NO2.C22H31NO2.C22H33NO.C21H30O2.4CH4.ClH.HI/c1-22(2)19-8-10-24(9-7-11-27(5)6)13-16(15-25)18(28)12-20(24)23(19,3)14-17(26-4)21(22)29;1-21(2)19-10-13-23(12-8-16-25(4)5)11-7-6-9-20(23)22(19,3)14-15-24(21)26-17-18-27-24;1-20(2)17-8-13-22(10-6-14-23(4)5)12-7-16(24)15-18(22)21(17,3)11-9-19(20)25;1-20(2)17-10-15-22(13-8-16-23(4)5)12-7-6-9-18(22)21(17,3)14-11-19(20)24;1-5-20-10-7-6-8-17(20)19(4)12-13-21(22-14-15-23-21)18(2,3)16(19)9-11-20;;;;;;/h12-14,19H,8,10-11H2,1-3,5-6H3;9,19H,6-7,10-11,13-18H2,1-5H3;15,17H,7-9,11-14H2,1-5H3;9,17H,6-7,10-12,14-16H2,1-5H3;1,8,16H,6-7,9-15H2,2-4H3;4*1H4;2*1H/t19-,23-,24-;19-,22-,23-;17-,21-,22+;17-,21-,22-;16-,19-,20+;;;;;;/m00000....../s1. The van der Waals surface area contributed by atoms with Gasteiger partial charge in [-0.25, -0.2) is 4.85 Å². The lowest BCUT2D eigenvalue weighted by atomic mass is 9.43. The summed E-state index contributed by atoms with van der Waals surface area (Å²) < 4.78 is 24.9. The number of ether oxygens (including phenoxy) is 4. The molecule has 17 heteroatoms. The third kappa shape index (κ3) is 19.8. The highest BCUT2D eigenvalue weighted by atomic mass is 127. The quantitative estimate of drug-likeness (QED) is 0.113. The molecule has 15 nitrogen and oxygen atoms in total. The molecule has 9 saturated carbocycles. The van der Waals surface area contributed by atoms with Gasteiger partial charge in [0.15, 0.2) is 28.9 Å². The zero-order valence-corrected chi connectivity index (χ0v) is 87.0. The van der Waals surface area contributed by atoms with Crippen LogP contribution in [0.4, 0.5) is 0 Å². The van der Waals surface area contributed by atoms with Crippen LogP contribution in [0.3, 0.4) is 0 Å². The Kier molecular flexibility index (Phi) is 36.4. The summed E-state index contributed by atoms with van der Waals surface area (Å²) in [6, 6.07) is 2.01. The number of hydrogen-bond acceptors (Lipinski definition) is 14. The van der Waals surface area contributed by atoms with Crippen LogP contribution in [0.5, 0.6) is 0 Å². The first kappa shape index (κ1) is 115. The van der Waals surface area contributed by atoms with Gasteiger partial charge >= 0.3 is 0 Å². The van der Waals surface area contributed by atoms with Crippen LogP contribution < -0.4 is 0 Å². The summed E-state index contributed by atoms with van der Waals surface area (Å²) in [5, 5.41) is 9.45. The lowest BCUT2D eigenvalue weighted by Crippen LogP contribution is -2.61. The van der Waals surface area contributed by atoms with Crippen molar-refractivity contribution in [1.29, 1.82) is 5.26 Å². The molecule has 2 aliphatic heterocycles. The number of rotatable bonds is 4. The monoisotopic (exact) mass is 1970 g/mol. The van der Waals surface area contributed by atoms with E-state index in [4.69, 9.17) is 31.9 Å². The summed E-state index contributed by atoms with van der Waals surface area (Å²) in [7, 11) is 16.3. The predicted octanol–water partition coefficient (Wildman–Crippen LogP) is 24.3. The van der Waals surface area contributed by atoms with E-state index in [0.717, 1.165) is 135 Å². The molecule has 0 bridgehead atoms. The molecule has 11 fully saturated rings. The van der Waals surface area contributed by atoms with Crippen LogP contribution in [0, 0.1) is 188 Å². The van der Waals surface area contributed by atoms with E-state index in [0.29, 0.717) is 67.5 Å². The SMILES string of the molecule is C.C.C.C.C#C[C@]12CCCC=C1[C@@]1(C)CCC3(OCCO3)C(C)(C)[C@@H]1CC2.CN(C)CC#C[C@]12CCC(=O)C=C1[C@@]1(C)CCC(=O)C(C)(C)[C@@H]1CC2.CN(C)CC#C[C@]12CCCC=C1[C@@]1(C)CCC(=O)C(C)(C)[C@@H]1CC2.CN(C)CC#C[C@]12CCCC=C1[C@@]1(C)CCC3(OCCO3)C(C)(C)[C@@H]1CC2.Cl.I.[C-]#[N+]C1=C[C@]2(C)C3=CC(=O)C(C#N)=C[C@]3(C#CCN(C)C)CC[C@H]2C(C)(C)C1=O. The fourth-order valence-corrected chi connectivity index (χ4v) is 30.2. The molecular weight excluding hydrogens is 1800 g/mol. The molecule has 0 aromatic heterocycles. The van der Waals surface area contributed by atoms with E-state index in [9.17, 15) is 29.2 Å². The number of carbonyl (C=O) groups excluding carboxylic acids is 5. The molecule has 2 spiro atoms. The Balaban J connectivity index is 0.000000226. The second-order valence-corrected chi connectivity index (χ2v) is 47.0. The minimum Gasteiger partial charge on any atom is -0.347 e. The van der Waals surface area contributed by atoms with Crippen molar-refractivity contribution in [3.05, 3.63) is 93.1 Å². The third-order valence-electron chi connectivity index (χ3n) is 36.8. The van der Waals surface area contributed by atoms with E-state index < -0.39 is 16.2 Å². The van der Waals surface area contributed by atoms with Crippen molar-refractivity contribution in [2.75, 3.05) is 109 Å². The number of carbonyl (C=O) groups is 5. The van der Waals surface area contributed by atoms with Gasteiger partial charge in [0, 0.05) is 64.6 Å². The normalized spacial score (nSPS) is 36.2. The average Bonchev–Trinajstić information content (AvgIpc) is 1.57. The number of nitriles is 1. The van der Waals surface area contributed by atoms with E-state index >= 15 is 0 Å². The van der Waals surface area contributed by atoms with Crippen molar-refractivity contribution in [3.8, 4) is 65.8 Å². The molecule has 0 unspecified atom stereocenters. The Labute approximate surface area is 837 Å². The van der Waals surface area contributed by atoms with Crippen molar-refractivity contribution < 1.29 is 42.9 Å². The van der Waals surface area contributed by atoms with Gasteiger partial charge in [0.2, 0.25) is 5.70 Å². The Bertz CT molecular complexity index is 5040. The first-order chi connectivity index (χ1) is 60.0. The highest BCUT2D eigenvalue weighted by Crippen LogP contribution is 2.73. The smallest absolute Gasteiger partial charge is 0.226 e. The number of hydrogen-bond donors (Lipinski definition) is 0. The van der Waals surface area contributed by atoms with E-state index in [1.165, 1.54) is 82.6 Å². The van der Waals surface area contributed by atoms with Gasteiger partial charge in [-0.15, -0.1) is 42.8 Å². The lowest BCUT2D eigenvalue weighted by Gasteiger charge is -2.64. The zero-order chi connectivity index (χ0) is 93.3. The van der Waals surface area contributed by atoms with Crippen molar-refractivity contribution >= 4 is 65.3 Å². The number of Topliss-reactive ketones (excluding diaryl/α,β-unsaturated/α-hetero) is 3. The van der Waals surface area contributed by atoms with Crippen LogP contribution in [0.1, 0.15) is 320 Å². The molecular formula is C117H174ClIN6O9. The van der Waals surface area contributed by atoms with E-state index in [1.54, 1.807) is 34.9 Å². The number of nitrogens with zero attached hydrogens (tertiary/aromatic N) is 6. The van der Waals surface area contributed by atoms with Gasteiger partial charge in [-0.3, -0.25) is 38.8 Å². The molecule has 0 aromatic rings. The van der Waals surface area contributed by atoms with Crippen molar-refractivity contribution in [3.63, 3.8) is 0 Å². The molecule has 0 radical (unpaired) electrons. The molecule has 17 rings (SSSR count). The minimum atomic E-state index is -0.736. The maximum atomic E-state index is 12.9. The Hall–Kier alpha value is -5.99. The third-order valence-corrected chi connectivity index (χ3v) is 36.8. The number of terminal acetylenes is 1. The molecule has 2 heterocycles. The van der Waals surface area contributed by atoms with Gasteiger partial charge in [0.05, 0.1) is 91.8 Å². The van der Waals surface area contributed by atoms with Crippen LogP contribution in [-0.4, -0.2) is 169 Å². The first-order valence-electron chi connectivity index (χ1n) is 49.2. The summed E-state index contributed by atoms with van der Waals surface area (Å²) in [6.45, 7) is 47.1. The van der Waals surface area contributed by atoms with Gasteiger partial charge in [-0.2, -0.15) is 5.26 Å². The fourth-order valence-electron chi connectivity index (χ4n) is 30.2. The first-order valence-corrected chi connectivity index (χ1v) is 49.2. The molecule has 2 saturated heterocycles. The second-order valence-electron chi connectivity index (χ2n) is 47.0. The molecule has 0 aromatic carbocycles. The van der Waals surface area contributed by atoms with Crippen molar-refractivity contribution in [2.24, 2.45) is 111 Å². The van der Waals surface area contributed by atoms with Crippen LogP contribution in [0.25, 0.3) is 4.85 Å². The summed E-state index contributed by atoms with van der Waals surface area (Å²) >= 11 is 0. The Morgan fingerprint density at radius 1 is 0.418 bits per heavy atom. The zero-order valence-electron chi connectivity index (χ0n) is 83.8. The molecule has 0 N–H and O–H groups in total. The van der Waals surface area contributed by atoms with Gasteiger partial charge < -0.3 is 23.7 Å². The molecule has 0 amide bonds. The van der Waals surface area contributed by atoms with Gasteiger partial charge in [-0.1, -0.05) is 211 Å². The largest absolute Gasteiger partial charge is 0.347 e. The number of fused-ring (bicyclic) bond motifs is 15. The Morgan fingerprint density at radius 2 is 0.776 bits per heavy atom. The molecule has 15 aliphatic carbocycles. The maximum Gasteiger partial charge on any atom is 0.226 e. The summed E-state index contributed by atoms with van der Waals surface area (Å²) in [5.41, 5.74) is 5.09. The Morgan fingerprint density at radius 3 is 1.17 bits per heavy atom. The number of allylic oxidation sites excluding steroid dienone is 14. The lowest BCUT2D eigenvalue weighted by molar-refractivity contribution is -0.284. The van der Waals surface area contributed by atoms with Gasteiger partial charge in [0.25, 0.3) is 0 Å². The molecule has 740 valence electrons. The van der Waals surface area contributed by atoms with Crippen LogP contribution in [0.2, 0.25) is 0 Å². The maximum absolute atomic E-state index is 12.9. The van der Waals surface area contributed by atoms with Crippen LogP contribution >= 0.6 is 36.4 Å². The van der Waals surface area contributed by atoms with Crippen molar-refractivity contribution in [2.45, 2.75) is 331 Å². The highest BCUT2D eigenvalue weighted by Gasteiger charge is 2.70. The number of halogens is 2. The topological polar surface area (TPSA) is 163 Å². The molecule has 134 heavy (non-hydrogen) atoms. The predicted molar refractivity (Wildman–Crippen MR) is 560 cm³/mol. The fraction of sp³-hybridized carbons (Fsp3) is 0.735. The second kappa shape index (κ2) is 42.4. The average molecular weight is 1970 g/mol. The van der Waals surface area contributed by atoms with E-state index in [2.05, 4.69) is 202 Å². The number of ketones is 5. The van der Waals surface area contributed by atoms with E-state index in [-0.39, 0.29) is 177 Å². The molecule has 17 aliphatic rings. The molecule has 15 atom stereocenters. The van der Waals surface area contributed by atoms with E-state index in [1.807, 2.05) is 66.0 Å². The summed E-state index contributed by atoms with van der Waals surface area (Å²) in [4.78, 5) is 74.7. The van der Waals surface area contributed by atoms with Crippen LogP contribution in [0.15, 0.2) is 81.7 Å². The van der Waals surface area contributed by atoms with Crippen LogP contribution in [-0.2, 0) is 42.9 Å². The van der Waals surface area contributed by atoms with Gasteiger partial charge in [-0.05, 0) is 308 Å².